The first-order valence-corrected chi connectivity index (χ1v) is 7.72. The van der Waals surface area contributed by atoms with Gasteiger partial charge in [-0.05, 0) is 37.1 Å². The highest BCUT2D eigenvalue weighted by Crippen LogP contribution is 2.49. The van der Waals surface area contributed by atoms with Crippen LogP contribution in [0.1, 0.15) is 24.2 Å². The van der Waals surface area contributed by atoms with Gasteiger partial charge in [0.05, 0.1) is 7.11 Å². The number of hydrogen-bond acceptors (Lipinski definition) is 4. The summed E-state index contributed by atoms with van der Waals surface area (Å²) in [6, 6.07) is 8.77. The van der Waals surface area contributed by atoms with E-state index >= 15 is 0 Å². The third-order valence-corrected chi connectivity index (χ3v) is 5.13. The maximum atomic E-state index is 13.0. The number of nitrogens with zero attached hydrogens (tertiary/aromatic N) is 1. The van der Waals surface area contributed by atoms with E-state index in [-0.39, 0.29) is 18.2 Å². The zero-order chi connectivity index (χ0) is 17.6. The van der Waals surface area contributed by atoms with Gasteiger partial charge in [-0.1, -0.05) is 24.8 Å². The Morgan fingerprint density at radius 1 is 1.29 bits per heavy atom. The number of benzene rings is 1. The number of Topliss-reactive ketones (excluding diaryl/α,β-unsaturated/α-hetero) is 1. The van der Waals surface area contributed by atoms with Crippen molar-refractivity contribution in [1.82, 2.24) is 4.90 Å². The van der Waals surface area contributed by atoms with Gasteiger partial charge in [0.2, 0.25) is 0 Å². The smallest absolute Gasteiger partial charge is 0.332 e. The summed E-state index contributed by atoms with van der Waals surface area (Å²) >= 11 is 0. The van der Waals surface area contributed by atoms with Gasteiger partial charge in [-0.25, -0.2) is 4.79 Å². The van der Waals surface area contributed by atoms with Crippen LogP contribution in [0.4, 0.5) is 0 Å². The van der Waals surface area contributed by atoms with Crippen LogP contribution in [0.3, 0.4) is 0 Å². The summed E-state index contributed by atoms with van der Waals surface area (Å²) in [5.41, 5.74) is 0.911. The molecule has 2 aliphatic rings. The molecule has 0 aromatic heterocycles. The third-order valence-electron chi connectivity index (χ3n) is 5.13. The van der Waals surface area contributed by atoms with Crippen LogP contribution >= 0.6 is 0 Å². The van der Waals surface area contributed by atoms with E-state index < -0.39 is 17.4 Å². The Morgan fingerprint density at radius 3 is 2.50 bits per heavy atom. The van der Waals surface area contributed by atoms with Gasteiger partial charge in [-0.15, -0.1) is 0 Å². The molecule has 124 valence electrons. The number of hydrogen-bond donors (Lipinski definition) is 0. The Hall–Kier alpha value is -2.69. The predicted molar refractivity (Wildman–Crippen MR) is 88.2 cm³/mol. The van der Waals surface area contributed by atoms with Crippen molar-refractivity contribution in [2.24, 2.45) is 5.92 Å². The summed E-state index contributed by atoms with van der Waals surface area (Å²) in [6.07, 6.45) is 0. The molecule has 1 aromatic rings. The second kappa shape index (κ2) is 5.44. The van der Waals surface area contributed by atoms with E-state index in [2.05, 4.69) is 6.58 Å². The quantitative estimate of drug-likeness (QED) is 0.617. The van der Waals surface area contributed by atoms with Crippen LogP contribution in [0.5, 0.6) is 0 Å². The summed E-state index contributed by atoms with van der Waals surface area (Å²) in [5.74, 6) is -1.48. The number of carbonyl (C=O) groups is 3. The Morgan fingerprint density at radius 2 is 1.92 bits per heavy atom. The van der Waals surface area contributed by atoms with E-state index in [1.165, 1.54) is 12.0 Å². The van der Waals surface area contributed by atoms with Crippen LogP contribution in [-0.4, -0.2) is 41.8 Å². The molecule has 0 bridgehead atoms. The highest BCUT2D eigenvalue weighted by molar-refractivity contribution is 6.14. The van der Waals surface area contributed by atoms with Crippen molar-refractivity contribution < 1.29 is 19.1 Å². The minimum atomic E-state index is -1.28. The predicted octanol–water partition coefficient (Wildman–Crippen LogP) is 2.15. The molecule has 5 heteroatoms. The third kappa shape index (κ3) is 1.97. The van der Waals surface area contributed by atoms with Gasteiger partial charge < -0.3 is 9.64 Å². The zero-order valence-electron chi connectivity index (χ0n) is 14.0. The molecular weight excluding hydrogens is 306 g/mol. The number of likely N-dealkylation sites (tertiary alicyclic amines) is 1. The number of ketones is 1. The van der Waals surface area contributed by atoms with Crippen LogP contribution in [0.25, 0.3) is 0 Å². The lowest BCUT2D eigenvalue weighted by Crippen LogP contribution is -2.55. The fourth-order valence-electron chi connectivity index (χ4n) is 3.78. The number of carbonyl (C=O) groups excluding carboxylic acids is 3. The van der Waals surface area contributed by atoms with Crippen molar-refractivity contribution in [3.05, 3.63) is 59.2 Å². The fraction of sp³-hybridized carbons (Fsp3) is 0.316. The molecule has 3 rings (SSSR count). The first-order valence-electron chi connectivity index (χ1n) is 7.72. The van der Waals surface area contributed by atoms with Gasteiger partial charge in [0.15, 0.2) is 5.78 Å². The molecule has 2 atom stereocenters. The minimum absolute atomic E-state index is 0.142. The molecule has 1 aliphatic carbocycles. The molecular formula is C19H19NO4. The Bertz CT molecular complexity index is 793. The summed E-state index contributed by atoms with van der Waals surface area (Å²) in [4.78, 5) is 39.3. The van der Waals surface area contributed by atoms with Crippen LogP contribution in [0.15, 0.2) is 53.6 Å². The van der Waals surface area contributed by atoms with Gasteiger partial charge >= 0.3 is 5.97 Å². The monoisotopic (exact) mass is 325 g/mol. The lowest BCUT2D eigenvalue weighted by molar-refractivity contribution is -0.152. The summed E-state index contributed by atoms with van der Waals surface area (Å²) < 4.78 is 4.97. The van der Waals surface area contributed by atoms with Gasteiger partial charge in [0.1, 0.15) is 5.54 Å². The van der Waals surface area contributed by atoms with Crippen LogP contribution < -0.4 is 0 Å². The number of esters is 1. The lowest BCUT2D eigenvalue weighted by Gasteiger charge is -2.36. The van der Waals surface area contributed by atoms with Crippen LogP contribution in [0, 0.1) is 5.92 Å². The molecule has 24 heavy (non-hydrogen) atoms. The maximum absolute atomic E-state index is 13.0. The normalized spacial score (nSPS) is 26.0. The molecule has 5 nitrogen and oxygen atoms in total. The van der Waals surface area contributed by atoms with Crippen molar-refractivity contribution >= 4 is 17.7 Å². The molecule has 0 radical (unpaired) electrons. The van der Waals surface area contributed by atoms with E-state index in [0.29, 0.717) is 16.7 Å². The Labute approximate surface area is 140 Å². The van der Waals surface area contributed by atoms with Crippen molar-refractivity contribution in [3.8, 4) is 0 Å². The van der Waals surface area contributed by atoms with Crippen molar-refractivity contribution in [2.75, 3.05) is 13.7 Å². The van der Waals surface area contributed by atoms with E-state index in [1.54, 1.807) is 38.1 Å². The molecule has 1 aliphatic heterocycles. The summed E-state index contributed by atoms with van der Waals surface area (Å²) in [5, 5.41) is 0. The molecule has 0 N–H and O–H groups in total. The summed E-state index contributed by atoms with van der Waals surface area (Å²) in [6.45, 7) is 7.46. The highest BCUT2D eigenvalue weighted by Gasteiger charge is 2.60. The molecule has 0 spiro atoms. The highest BCUT2D eigenvalue weighted by atomic mass is 16.5. The maximum Gasteiger partial charge on any atom is 0.332 e. The number of amides is 1. The average molecular weight is 325 g/mol. The summed E-state index contributed by atoms with van der Waals surface area (Å²) in [7, 11) is 1.28. The average Bonchev–Trinajstić information content (AvgIpc) is 3.03. The largest absolute Gasteiger partial charge is 0.467 e. The molecule has 0 unspecified atom stereocenters. The minimum Gasteiger partial charge on any atom is -0.467 e. The standard InChI is InChI=1S/C19H19NO4/c1-11-14-10-20(17(22)13-8-6-5-7-9-13)19(3,18(23)24-4)15(14)12(2)16(11)21/h5-9,15H,2,10H2,1,3-4H3/t15-,19-/m1/s1. The SMILES string of the molecule is C=C1C(=O)C(C)=C2CN(C(=O)c3ccccc3)[C@@](C)(C(=O)OC)[C@H]12. The zero-order valence-corrected chi connectivity index (χ0v) is 14.0. The van der Waals surface area contributed by atoms with Crippen LogP contribution in [-0.2, 0) is 14.3 Å². The van der Waals surface area contributed by atoms with Crippen molar-refractivity contribution in [1.29, 1.82) is 0 Å². The van der Waals surface area contributed by atoms with Crippen molar-refractivity contribution in [2.45, 2.75) is 19.4 Å². The molecule has 1 amide bonds. The first kappa shape index (κ1) is 16.2. The number of ether oxygens (including phenoxy) is 1. The molecule has 0 saturated carbocycles. The van der Waals surface area contributed by atoms with E-state index in [1.807, 2.05) is 6.07 Å². The van der Waals surface area contributed by atoms with E-state index in [4.69, 9.17) is 4.74 Å². The van der Waals surface area contributed by atoms with Gasteiger partial charge in [0.25, 0.3) is 5.91 Å². The molecule has 1 saturated heterocycles. The van der Waals surface area contributed by atoms with Gasteiger partial charge in [-0.2, -0.15) is 0 Å². The van der Waals surface area contributed by atoms with Gasteiger partial charge in [0, 0.05) is 23.6 Å². The number of rotatable bonds is 2. The van der Waals surface area contributed by atoms with E-state index in [9.17, 15) is 14.4 Å². The fourth-order valence-corrected chi connectivity index (χ4v) is 3.78. The first-order chi connectivity index (χ1) is 11.3. The van der Waals surface area contributed by atoms with Crippen LogP contribution in [0.2, 0.25) is 0 Å². The Kier molecular flexibility index (Phi) is 3.67. The van der Waals surface area contributed by atoms with Crippen molar-refractivity contribution in [3.63, 3.8) is 0 Å². The molecule has 1 heterocycles. The lowest BCUT2D eigenvalue weighted by atomic mass is 9.81. The second-order valence-corrected chi connectivity index (χ2v) is 6.33. The second-order valence-electron chi connectivity index (χ2n) is 6.33. The molecule has 1 aromatic carbocycles. The Balaban J connectivity index is 2.13. The topological polar surface area (TPSA) is 63.7 Å². The van der Waals surface area contributed by atoms with E-state index in [0.717, 1.165) is 5.57 Å². The number of allylic oxidation sites excluding steroid dienone is 1. The number of methoxy groups -OCH3 is 1. The van der Waals surface area contributed by atoms with Gasteiger partial charge in [-0.3, -0.25) is 9.59 Å². The molecule has 1 fully saturated rings. The number of fused-ring (bicyclic) bond motifs is 1.